The van der Waals surface area contributed by atoms with E-state index in [1.807, 2.05) is 6.07 Å². The maximum atomic E-state index is 12.3. The van der Waals surface area contributed by atoms with Crippen LogP contribution in [0.4, 0.5) is 4.79 Å². The van der Waals surface area contributed by atoms with Crippen LogP contribution in [-0.4, -0.2) is 40.0 Å². The van der Waals surface area contributed by atoms with Crippen molar-refractivity contribution in [2.24, 2.45) is 5.92 Å². The smallest absolute Gasteiger partial charge is 0.293 e. The Morgan fingerprint density at radius 2 is 2.26 bits per heavy atom. The van der Waals surface area contributed by atoms with Gasteiger partial charge in [0, 0.05) is 31.4 Å². The fourth-order valence-electron chi connectivity index (χ4n) is 2.41. The summed E-state index contributed by atoms with van der Waals surface area (Å²) >= 11 is 0.915. The lowest BCUT2D eigenvalue weighted by atomic mass is 9.85. The molecule has 2 heterocycles. The first-order valence-electron chi connectivity index (χ1n) is 7.58. The summed E-state index contributed by atoms with van der Waals surface area (Å²) in [4.78, 5) is 41.5. The molecule has 6 nitrogen and oxygen atoms in total. The molecular formula is C16H17N3O3S. The number of nitrogens with one attached hydrogen (secondary N) is 1. The summed E-state index contributed by atoms with van der Waals surface area (Å²) in [5, 5.41) is 2.49. The third-order valence-electron chi connectivity index (χ3n) is 3.97. The van der Waals surface area contributed by atoms with E-state index >= 15 is 0 Å². The highest BCUT2D eigenvalue weighted by molar-refractivity contribution is 8.18. The molecule has 0 bridgehead atoms. The number of hydrogen-bond donors (Lipinski definition) is 1. The van der Waals surface area contributed by atoms with Gasteiger partial charge in [-0.25, -0.2) is 0 Å². The Hall–Kier alpha value is -2.15. The highest BCUT2D eigenvalue weighted by Crippen LogP contribution is 2.31. The minimum atomic E-state index is -0.318. The average molecular weight is 331 g/mol. The van der Waals surface area contributed by atoms with Crippen LogP contribution in [0, 0.1) is 5.92 Å². The number of carbonyl (C=O) groups excluding carboxylic acids is 3. The molecule has 120 valence electrons. The molecule has 0 spiro atoms. The number of imide groups is 1. The first-order chi connectivity index (χ1) is 11.1. The first kappa shape index (κ1) is 15.7. The molecule has 1 saturated heterocycles. The van der Waals surface area contributed by atoms with Crippen LogP contribution in [0.15, 0.2) is 29.4 Å². The third kappa shape index (κ3) is 3.61. The van der Waals surface area contributed by atoms with Gasteiger partial charge >= 0.3 is 0 Å². The van der Waals surface area contributed by atoms with Crippen molar-refractivity contribution in [1.29, 1.82) is 0 Å². The molecular weight excluding hydrogens is 314 g/mol. The molecule has 2 aliphatic rings. The summed E-state index contributed by atoms with van der Waals surface area (Å²) in [6, 6.07) is 3.59. The standard InChI is InChI=1S/C16H17N3O3S/c20-14(12-4-1-5-12)18-7-8-19-15(21)13(23-16(19)22)9-11-3-2-6-17-10-11/h2-3,6,9-10,12H,1,4-5,7-8H2,(H,18,20). The Labute approximate surface area is 138 Å². The molecule has 2 fully saturated rings. The van der Waals surface area contributed by atoms with E-state index in [1.54, 1.807) is 24.5 Å². The van der Waals surface area contributed by atoms with E-state index < -0.39 is 0 Å². The highest BCUT2D eigenvalue weighted by atomic mass is 32.2. The second-order valence-corrected chi connectivity index (χ2v) is 6.53. The zero-order valence-electron chi connectivity index (χ0n) is 12.5. The number of pyridine rings is 1. The molecule has 0 atom stereocenters. The van der Waals surface area contributed by atoms with Gasteiger partial charge in [-0.1, -0.05) is 12.5 Å². The van der Waals surface area contributed by atoms with E-state index in [0.29, 0.717) is 11.4 Å². The first-order valence-corrected chi connectivity index (χ1v) is 8.40. The number of hydrogen-bond acceptors (Lipinski definition) is 5. The zero-order chi connectivity index (χ0) is 16.2. The summed E-state index contributed by atoms with van der Waals surface area (Å²) < 4.78 is 0. The quantitative estimate of drug-likeness (QED) is 0.835. The van der Waals surface area contributed by atoms with Gasteiger partial charge in [-0.3, -0.25) is 24.3 Å². The molecule has 3 amide bonds. The Bertz CT molecular complexity index is 656. The number of carbonyl (C=O) groups is 3. The highest BCUT2D eigenvalue weighted by Gasteiger charge is 2.35. The summed E-state index contributed by atoms with van der Waals surface area (Å²) in [5.74, 6) is -0.189. The van der Waals surface area contributed by atoms with Crippen molar-refractivity contribution in [3.05, 3.63) is 35.0 Å². The van der Waals surface area contributed by atoms with Crippen molar-refractivity contribution in [2.45, 2.75) is 19.3 Å². The molecule has 0 aromatic carbocycles. The van der Waals surface area contributed by atoms with E-state index in [4.69, 9.17) is 0 Å². The van der Waals surface area contributed by atoms with E-state index in [9.17, 15) is 14.4 Å². The van der Waals surface area contributed by atoms with Gasteiger partial charge < -0.3 is 5.32 Å². The number of thioether (sulfide) groups is 1. The van der Waals surface area contributed by atoms with E-state index in [2.05, 4.69) is 10.3 Å². The van der Waals surface area contributed by atoms with Crippen molar-refractivity contribution >= 4 is 34.9 Å². The lowest BCUT2D eigenvalue weighted by molar-refractivity contribution is -0.128. The second-order valence-electron chi connectivity index (χ2n) is 5.54. The maximum absolute atomic E-state index is 12.3. The molecule has 1 aromatic rings. The van der Waals surface area contributed by atoms with Crippen LogP contribution in [0.25, 0.3) is 6.08 Å². The summed E-state index contributed by atoms with van der Waals surface area (Å²) in [5.41, 5.74) is 0.774. The molecule has 1 saturated carbocycles. The van der Waals surface area contributed by atoms with Gasteiger partial charge in [0.15, 0.2) is 0 Å². The van der Waals surface area contributed by atoms with E-state index in [-0.39, 0.29) is 29.5 Å². The van der Waals surface area contributed by atoms with Gasteiger partial charge in [0.05, 0.1) is 4.91 Å². The molecule has 7 heteroatoms. The second kappa shape index (κ2) is 6.95. The number of aromatic nitrogens is 1. The minimum absolute atomic E-state index is 0.0223. The summed E-state index contributed by atoms with van der Waals surface area (Å²) in [7, 11) is 0. The number of rotatable bonds is 5. The van der Waals surface area contributed by atoms with Gasteiger partial charge in [0.1, 0.15) is 0 Å². The Morgan fingerprint density at radius 1 is 1.43 bits per heavy atom. The molecule has 3 rings (SSSR count). The fraction of sp³-hybridized carbons (Fsp3) is 0.375. The average Bonchev–Trinajstić information content (AvgIpc) is 2.74. The van der Waals surface area contributed by atoms with Crippen molar-refractivity contribution in [3.63, 3.8) is 0 Å². The molecule has 1 aromatic heterocycles. The van der Waals surface area contributed by atoms with Crippen LogP contribution < -0.4 is 5.32 Å². The topological polar surface area (TPSA) is 79.4 Å². The summed E-state index contributed by atoms with van der Waals surface area (Å²) in [6.07, 6.45) is 7.90. The van der Waals surface area contributed by atoms with Crippen molar-refractivity contribution in [2.75, 3.05) is 13.1 Å². The predicted molar refractivity (Wildman–Crippen MR) is 87.3 cm³/mol. The van der Waals surface area contributed by atoms with Crippen molar-refractivity contribution in [3.8, 4) is 0 Å². The van der Waals surface area contributed by atoms with Gasteiger partial charge in [-0.2, -0.15) is 0 Å². The van der Waals surface area contributed by atoms with Crippen LogP contribution in [0.3, 0.4) is 0 Å². The van der Waals surface area contributed by atoms with Crippen LogP contribution in [0.2, 0.25) is 0 Å². The lowest BCUT2D eigenvalue weighted by Crippen LogP contribution is -2.40. The number of amides is 3. The van der Waals surface area contributed by atoms with Crippen molar-refractivity contribution < 1.29 is 14.4 Å². The number of nitrogens with zero attached hydrogens (tertiary/aromatic N) is 2. The van der Waals surface area contributed by atoms with Gasteiger partial charge in [0.2, 0.25) is 5.91 Å². The molecule has 1 N–H and O–H groups in total. The van der Waals surface area contributed by atoms with Crippen LogP contribution in [0.1, 0.15) is 24.8 Å². The third-order valence-corrected chi connectivity index (χ3v) is 4.87. The van der Waals surface area contributed by atoms with E-state index in [0.717, 1.165) is 36.6 Å². The molecule has 1 aliphatic carbocycles. The molecule has 23 heavy (non-hydrogen) atoms. The van der Waals surface area contributed by atoms with Gasteiger partial charge in [-0.05, 0) is 42.3 Å². The monoisotopic (exact) mass is 331 g/mol. The minimum Gasteiger partial charge on any atom is -0.354 e. The lowest BCUT2D eigenvalue weighted by Gasteiger charge is -2.24. The molecule has 1 aliphatic heterocycles. The van der Waals surface area contributed by atoms with E-state index in [1.165, 1.54) is 4.90 Å². The zero-order valence-corrected chi connectivity index (χ0v) is 13.3. The van der Waals surface area contributed by atoms with Crippen molar-refractivity contribution in [1.82, 2.24) is 15.2 Å². The predicted octanol–water partition coefficient (Wildman–Crippen LogP) is 2.03. The fourth-order valence-corrected chi connectivity index (χ4v) is 3.28. The Kier molecular flexibility index (Phi) is 4.76. The van der Waals surface area contributed by atoms with Crippen LogP contribution >= 0.6 is 11.8 Å². The molecule has 0 radical (unpaired) electrons. The van der Waals surface area contributed by atoms with Gasteiger partial charge in [-0.15, -0.1) is 0 Å². The SMILES string of the molecule is O=C(NCCN1C(=O)SC(=Cc2cccnc2)C1=O)C1CCC1. The largest absolute Gasteiger partial charge is 0.354 e. The summed E-state index contributed by atoms with van der Waals surface area (Å²) in [6.45, 7) is 0.501. The van der Waals surface area contributed by atoms with Crippen LogP contribution in [0.5, 0.6) is 0 Å². The normalized spacial score (nSPS) is 20.0. The Balaban J connectivity index is 1.56. The molecule has 0 unspecified atom stereocenters. The Morgan fingerprint density at radius 3 is 2.91 bits per heavy atom. The maximum Gasteiger partial charge on any atom is 0.293 e. The van der Waals surface area contributed by atoms with Gasteiger partial charge in [0.25, 0.3) is 11.1 Å². The van der Waals surface area contributed by atoms with Crippen LogP contribution in [-0.2, 0) is 9.59 Å².